The maximum Gasteiger partial charge on any atom is 0.230 e. The minimum absolute atomic E-state index is 0.00225. The van der Waals surface area contributed by atoms with E-state index in [2.05, 4.69) is 50.4 Å². The lowest BCUT2D eigenvalue weighted by Gasteiger charge is -2.20. The maximum absolute atomic E-state index is 12.2. The molecule has 1 N–H and O–H groups in total. The molecule has 2 rings (SSSR count). The van der Waals surface area contributed by atoms with Gasteiger partial charge >= 0.3 is 0 Å². The van der Waals surface area contributed by atoms with Crippen molar-refractivity contribution in [3.05, 3.63) is 70.2 Å². The number of amides is 1. The molecule has 0 aliphatic heterocycles. The first-order valence-electron chi connectivity index (χ1n) is 8.48. The second-order valence-electron chi connectivity index (χ2n) is 7.25. The first-order valence-corrected chi connectivity index (χ1v) is 10.0. The highest BCUT2D eigenvalue weighted by molar-refractivity contribution is 7.99. The monoisotopic (exact) mass is 375 g/mol. The van der Waals surface area contributed by atoms with Crippen LogP contribution in [-0.2, 0) is 16.0 Å². The number of hydrogen-bond donors (Lipinski definition) is 1. The highest BCUT2D eigenvalue weighted by atomic mass is 35.5. The molecule has 0 aliphatic rings. The summed E-state index contributed by atoms with van der Waals surface area (Å²) >= 11 is 7.71. The van der Waals surface area contributed by atoms with E-state index in [4.69, 9.17) is 11.6 Å². The molecule has 134 valence electrons. The number of benzene rings is 2. The third-order valence-corrected chi connectivity index (χ3v) is 5.45. The van der Waals surface area contributed by atoms with Crippen molar-refractivity contribution in [1.82, 2.24) is 5.32 Å². The summed E-state index contributed by atoms with van der Waals surface area (Å²) in [6, 6.07) is 16.2. The number of halogens is 1. The molecule has 0 aromatic heterocycles. The molecule has 1 atom stereocenters. The Kier molecular flexibility index (Phi) is 6.97. The number of hydrogen-bond acceptors (Lipinski definition) is 2. The van der Waals surface area contributed by atoms with Gasteiger partial charge in [0.25, 0.3) is 0 Å². The lowest BCUT2D eigenvalue weighted by atomic mass is 9.86. The SMILES string of the molecule is C[C@@H](NC(=O)CSCc1ccccc1Cl)c1ccc(C(C)(C)C)cc1. The fraction of sp³-hybridized carbons (Fsp3) is 0.381. The third kappa shape index (κ3) is 6.09. The van der Waals surface area contributed by atoms with Crippen LogP contribution >= 0.6 is 23.4 Å². The molecule has 2 aromatic rings. The molecule has 0 radical (unpaired) electrons. The molecule has 0 heterocycles. The predicted octanol–water partition coefficient (Wildman–Crippen LogP) is 5.75. The summed E-state index contributed by atoms with van der Waals surface area (Å²) in [5.74, 6) is 1.21. The van der Waals surface area contributed by atoms with E-state index in [0.29, 0.717) is 5.75 Å². The van der Waals surface area contributed by atoms with E-state index >= 15 is 0 Å². The van der Waals surface area contributed by atoms with Crippen molar-refractivity contribution in [3.8, 4) is 0 Å². The van der Waals surface area contributed by atoms with Crippen LogP contribution in [0.2, 0.25) is 5.02 Å². The fourth-order valence-electron chi connectivity index (χ4n) is 2.51. The standard InChI is InChI=1S/C21H26ClNOS/c1-15(16-9-11-18(12-10-16)21(2,3)4)23-20(24)14-25-13-17-7-5-6-8-19(17)22/h5-12,15H,13-14H2,1-4H3,(H,23,24)/t15-/m1/s1. The Balaban J connectivity index is 1.82. The molecule has 2 nitrogen and oxygen atoms in total. The number of rotatable bonds is 6. The Hall–Kier alpha value is -1.45. The minimum Gasteiger partial charge on any atom is -0.349 e. The minimum atomic E-state index is 0.00225. The van der Waals surface area contributed by atoms with Crippen LogP contribution in [0, 0.1) is 0 Å². The smallest absolute Gasteiger partial charge is 0.230 e. The van der Waals surface area contributed by atoms with Crippen LogP contribution in [0.4, 0.5) is 0 Å². The topological polar surface area (TPSA) is 29.1 Å². The van der Waals surface area contributed by atoms with Crippen LogP contribution in [0.1, 0.15) is 50.4 Å². The van der Waals surface area contributed by atoms with Gasteiger partial charge in [0, 0.05) is 10.8 Å². The van der Waals surface area contributed by atoms with E-state index in [1.54, 1.807) is 11.8 Å². The van der Waals surface area contributed by atoms with Crippen LogP contribution in [0.5, 0.6) is 0 Å². The molecule has 2 aromatic carbocycles. The van der Waals surface area contributed by atoms with Crippen LogP contribution in [0.15, 0.2) is 48.5 Å². The predicted molar refractivity (Wildman–Crippen MR) is 109 cm³/mol. The highest BCUT2D eigenvalue weighted by Crippen LogP contribution is 2.24. The van der Waals surface area contributed by atoms with Gasteiger partial charge in [-0.3, -0.25) is 4.79 Å². The van der Waals surface area contributed by atoms with E-state index in [-0.39, 0.29) is 17.4 Å². The molecule has 1 amide bonds. The van der Waals surface area contributed by atoms with Crippen molar-refractivity contribution < 1.29 is 4.79 Å². The molecule has 0 bridgehead atoms. The second kappa shape index (κ2) is 8.77. The molecule has 0 saturated carbocycles. The molecule has 0 spiro atoms. The van der Waals surface area contributed by atoms with Gasteiger partial charge in [0.15, 0.2) is 0 Å². The van der Waals surface area contributed by atoms with Crippen LogP contribution in [0.3, 0.4) is 0 Å². The van der Waals surface area contributed by atoms with Crippen LogP contribution < -0.4 is 5.32 Å². The van der Waals surface area contributed by atoms with E-state index < -0.39 is 0 Å². The van der Waals surface area contributed by atoms with Gasteiger partial charge in [0.1, 0.15) is 0 Å². The van der Waals surface area contributed by atoms with Crippen molar-refractivity contribution in [2.45, 2.75) is 44.9 Å². The maximum atomic E-state index is 12.2. The molecule has 25 heavy (non-hydrogen) atoms. The molecular weight excluding hydrogens is 350 g/mol. The zero-order valence-corrected chi connectivity index (χ0v) is 16.9. The number of carbonyl (C=O) groups excluding carboxylic acids is 1. The Labute approximate surface area is 160 Å². The number of nitrogens with one attached hydrogen (secondary N) is 1. The van der Waals surface area contributed by atoms with Gasteiger partial charge in [-0.25, -0.2) is 0 Å². The molecule has 0 unspecified atom stereocenters. The lowest BCUT2D eigenvalue weighted by molar-refractivity contribution is -0.119. The van der Waals surface area contributed by atoms with E-state index in [0.717, 1.165) is 21.9 Å². The average molecular weight is 376 g/mol. The van der Waals surface area contributed by atoms with Crippen molar-refractivity contribution in [1.29, 1.82) is 0 Å². The zero-order valence-electron chi connectivity index (χ0n) is 15.3. The fourth-order valence-corrected chi connectivity index (χ4v) is 3.63. The quantitative estimate of drug-likeness (QED) is 0.696. The highest BCUT2D eigenvalue weighted by Gasteiger charge is 2.15. The molecule has 0 saturated heterocycles. The van der Waals surface area contributed by atoms with Crippen molar-refractivity contribution in [3.63, 3.8) is 0 Å². The van der Waals surface area contributed by atoms with Crippen molar-refractivity contribution in [2.75, 3.05) is 5.75 Å². The van der Waals surface area contributed by atoms with Gasteiger partial charge in [-0.15, -0.1) is 11.8 Å². The van der Waals surface area contributed by atoms with E-state index in [9.17, 15) is 4.79 Å². The second-order valence-corrected chi connectivity index (χ2v) is 8.64. The van der Waals surface area contributed by atoms with Crippen LogP contribution in [-0.4, -0.2) is 11.7 Å². The van der Waals surface area contributed by atoms with Gasteiger partial charge in [0.2, 0.25) is 5.91 Å². The summed E-state index contributed by atoms with van der Waals surface area (Å²) < 4.78 is 0. The zero-order chi connectivity index (χ0) is 18.4. The van der Waals surface area contributed by atoms with E-state index in [1.165, 1.54) is 5.56 Å². The Morgan fingerprint density at radius 1 is 1.12 bits per heavy atom. The van der Waals surface area contributed by atoms with Gasteiger partial charge in [0.05, 0.1) is 11.8 Å². The summed E-state index contributed by atoms with van der Waals surface area (Å²) in [6.07, 6.45) is 0. The summed E-state index contributed by atoms with van der Waals surface area (Å²) in [6.45, 7) is 8.61. The normalized spacial score (nSPS) is 12.7. The molecule has 0 fully saturated rings. The van der Waals surface area contributed by atoms with Gasteiger partial charge in [-0.2, -0.15) is 0 Å². The average Bonchev–Trinajstić information content (AvgIpc) is 2.56. The largest absolute Gasteiger partial charge is 0.349 e. The summed E-state index contributed by atoms with van der Waals surface area (Å²) in [7, 11) is 0. The molecule has 4 heteroatoms. The van der Waals surface area contributed by atoms with E-state index in [1.807, 2.05) is 31.2 Å². The van der Waals surface area contributed by atoms with Crippen molar-refractivity contribution >= 4 is 29.3 Å². The number of carbonyl (C=O) groups is 1. The number of thioether (sulfide) groups is 1. The third-order valence-electron chi connectivity index (χ3n) is 4.10. The summed E-state index contributed by atoms with van der Waals surface area (Å²) in [5, 5.41) is 3.82. The Bertz CT molecular complexity index is 707. The summed E-state index contributed by atoms with van der Waals surface area (Å²) in [5.41, 5.74) is 3.62. The Morgan fingerprint density at radius 3 is 2.36 bits per heavy atom. The first kappa shape index (κ1) is 19.9. The lowest BCUT2D eigenvalue weighted by Crippen LogP contribution is -2.28. The summed E-state index contributed by atoms with van der Waals surface area (Å²) in [4.78, 5) is 12.2. The Morgan fingerprint density at radius 2 is 1.76 bits per heavy atom. The van der Waals surface area contributed by atoms with Crippen LogP contribution in [0.25, 0.3) is 0 Å². The van der Waals surface area contributed by atoms with Crippen molar-refractivity contribution in [2.24, 2.45) is 0 Å². The molecule has 0 aliphatic carbocycles. The molecular formula is C21H26ClNOS. The van der Waals surface area contributed by atoms with Gasteiger partial charge < -0.3 is 5.32 Å². The van der Waals surface area contributed by atoms with Gasteiger partial charge in [-0.05, 0) is 35.1 Å². The first-order chi connectivity index (χ1) is 11.8. The van der Waals surface area contributed by atoms with Gasteiger partial charge in [-0.1, -0.05) is 74.8 Å².